The van der Waals surface area contributed by atoms with Crippen molar-refractivity contribution in [3.05, 3.63) is 41.2 Å². The molecule has 2 aliphatic rings. The normalized spacial score (nSPS) is 24.1. The molecule has 0 saturated carbocycles. The zero-order valence-corrected chi connectivity index (χ0v) is 20.7. The van der Waals surface area contributed by atoms with Crippen molar-refractivity contribution in [3.63, 3.8) is 0 Å². The average Bonchev–Trinajstić information content (AvgIpc) is 3.19. The van der Waals surface area contributed by atoms with Crippen LogP contribution in [0.25, 0.3) is 0 Å². The molecule has 3 N–H and O–H groups in total. The SMILES string of the molecule is COc1ccc([C@@H]2CN(C(=O)C(O)CO)C[C@@]2(C)[C@@H](C)O)cc1OC1CN(c2ncc(Cl)cn2)C1. The van der Waals surface area contributed by atoms with Crippen molar-refractivity contribution in [1.82, 2.24) is 14.9 Å². The number of aliphatic hydroxyl groups excluding tert-OH is 3. The van der Waals surface area contributed by atoms with Gasteiger partial charge in [0.1, 0.15) is 6.10 Å². The standard InChI is InChI=1S/C24H31ClN4O6/c1-14(31)24(2)13-29(22(33)19(32)12-30)11-18(24)15-4-5-20(34-3)21(6-15)35-17-9-28(10-17)23-26-7-16(25)8-27-23/h4-8,14,17-19,30-32H,9-13H2,1-3H3/t14-,18+,19?,24+/m1/s1. The van der Waals surface area contributed by atoms with Crippen LogP contribution < -0.4 is 14.4 Å². The van der Waals surface area contributed by atoms with Crippen molar-refractivity contribution in [2.24, 2.45) is 5.41 Å². The van der Waals surface area contributed by atoms with Crippen molar-refractivity contribution in [3.8, 4) is 11.5 Å². The minimum atomic E-state index is -1.48. The molecule has 1 amide bonds. The summed E-state index contributed by atoms with van der Waals surface area (Å²) in [5.74, 6) is 0.968. The topological polar surface area (TPSA) is 128 Å². The Hall–Kier alpha value is -2.66. The number of carbonyl (C=O) groups is 1. The lowest BCUT2D eigenvalue weighted by molar-refractivity contribution is -0.141. The number of ether oxygens (including phenoxy) is 2. The van der Waals surface area contributed by atoms with Crippen LogP contribution in [0.4, 0.5) is 5.95 Å². The number of likely N-dealkylation sites (tertiary alicyclic amines) is 1. The van der Waals surface area contributed by atoms with E-state index in [-0.39, 0.29) is 18.6 Å². The molecule has 0 spiro atoms. The monoisotopic (exact) mass is 506 g/mol. The van der Waals surface area contributed by atoms with E-state index in [1.807, 2.05) is 30.0 Å². The van der Waals surface area contributed by atoms with Gasteiger partial charge in [-0.1, -0.05) is 24.6 Å². The first kappa shape index (κ1) is 25.4. The molecule has 4 rings (SSSR count). The molecule has 10 nitrogen and oxygen atoms in total. The highest BCUT2D eigenvalue weighted by Crippen LogP contribution is 2.47. The van der Waals surface area contributed by atoms with Crippen molar-refractivity contribution in [2.75, 3.05) is 44.8 Å². The number of methoxy groups -OCH3 is 1. The molecule has 1 unspecified atom stereocenters. The van der Waals surface area contributed by atoms with Crippen LogP contribution in [0.3, 0.4) is 0 Å². The fourth-order valence-corrected chi connectivity index (χ4v) is 4.81. The third kappa shape index (κ3) is 5.02. The summed E-state index contributed by atoms with van der Waals surface area (Å²) in [7, 11) is 1.57. The van der Waals surface area contributed by atoms with Gasteiger partial charge in [-0.15, -0.1) is 0 Å². The van der Waals surface area contributed by atoms with Crippen LogP contribution in [-0.4, -0.2) is 94.3 Å². The summed E-state index contributed by atoms with van der Waals surface area (Å²) in [4.78, 5) is 24.5. The molecule has 0 bridgehead atoms. The van der Waals surface area contributed by atoms with Gasteiger partial charge in [-0.2, -0.15) is 0 Å². The first-order chi connectivity index (χ1) is 16.7. The lowest BCUT2D eigenvalue weighted by Gasteiger charge is -2.39. The van der Waals surface area contributed by atoms with Gasteiger partial charge in [-0.25, -0.2) is 9.97 Å². The largest absolute Gasteiger partial charge is 0.493 e. The van der Waals surface area contributed by atoms with Gasteiger partial charge in [0.25, 0.3) is 5.91 Å². The zero-order valence-electron chi connectivity index (χ0n) is 20.0. The Morgan fingerprint density at radius 1 is 1.23 bits per heavy atom. The summed E-state index contributed by atoms with van der Waals surface area (Å²) < 4.78 is 11.8. The van der Waals surface area contributed by atoms with Crippen LogP contribution in [0, 0.1) is 5.41 Å². The van der Waals surface area contributed by atoms with E-state index in [1.54, 1.807) is 26.4 Å². The maximum atomic E-state index is 12.6. The highest BCUT2D eigenvalue weighted by Gasteiger charge is 2.49. The van der Waals surface area contributed by atoms with Crippen LogP contribution in [0.15, 0.2) is 30.6 Å². The fourth-order valence-electron chi connectivity index (χ4n) is 4.71. The fraction of sp³-hybridized carbons (Fsp3) is 0.542. The number of anilines is 1. The average molecular weight is 507 g/mol. The summed E-state index contributed by atoms with van der Waals surface area (Å²) in [5.41, 5.74) is 0.228. The number of rotatable bonds is 8. The molecular weight excluding hydrogens is 476 g/mol. The number of halogens is 1. The summed E-state index contributed by atoms with van der Waals surface area (Å²) in [5, 5.41) is 30.2. The lowest BCUT2D eigenvalue weighted by atomic mass is 9.72. The third-order valence-corrected chi connectivity index (χ3v) is 7.27. The Morgan fingerprint density at radius 3 is 2.51 bits per heavy atom. The number of carbonyl (C=O) groups excluding carboxylic acids is 1. The molecule has 11 heteroatoms. The van der Waals surface area contributed by atoms with E-state index in [1.165, 1.54) is 4.90 Å². The summed E-state index contributed by atoms with van der Waals surface area (Å²) in [6, 6.07) is 5.61. The molecule has 0 radical (unpaired) electrons. The molecular formula is C24H31ClN4O6. The second-order valence-corrected chi connectivity index (χ2v) is 9.84. The van der Waals surface area contributed by atoms with Crippen molar-refractivity contribution >= 4 is 23.5 Å². The molecule has 2 aromatic rings. The maximum Gasteiger partial charge on any atom is 0.253 e. The number of aliphatic hydroxyl groups is 3. The number of nitrogens with zero attached hydrogens (tertiary/aromatic N) is 4. The number of hydrogen-bond donors (Lipinski definition) is 3. The van der Waals surface area contributed by atoms with Crippen LogP contribution in [0.5, 0.6) is 11.5 Å². The number of hydrogen-bond acceptors (Lipinski definition) is 9. The molecule has 0 aliphatic carbocycles. The van der Waals surface area contributed by atoms with E-state index in [0.29, 0.717) is 42.1 Å². The highest BCUT2D eigenvalue weighted by atomic mass is 35.5. The molecule has 35 heavy (non-hydrogen) atoms. The van der Waals surface area contributed by atoms with E-state index in [9.17, 15) is 20.1 Å². The third-order valence-electron chi connectivity index (χ3n) is 7.08. The van der Waals surface area contributed by atoms with Gasteiger partial charge >= 0.3 is 0 Å². The van der Waals surface area contributed by atoms with Gasteiger partial charge < -0.3 is 34.6 Å². The van der Waals surface area contributed by atoms with Gasteiger partial charge in [0.15, 0.2) is 17.6 Å². The molecule has 1 aromatic heterocycles. The first-order valence-electron chi connectivity index (χ1n) is 11.5. The summed E-state index contributed by atoms with van der Waals surface area (Å²) >= 11 is 5.86. The minimum Gasteiger partial charge on any atom is -0.493 e. The van der Waals surface area contributed by atoms with Gasteiger partial charge in [-0.3, -0.25) is 4.79 Å². The van der Waals surface area contributed by atoms with Crippen LogP contribution >= 0.6 is 11.6 Å². The van der Waals surface area contributed by atoms with E-state index >= 15 is 0 Å². The lowest BCUT2D eigenvalue weighted by Crippen LogP contribution is -2.54. The molecule has 2 saturated heterocycles. The van der Waals surface area contributed by atoms with E-state index < -0.39 is 30.1 Å². The molecule has 4 atom stereocenters. The zero-order chi connectivity index (χ0) is 25.3. The molecule has 1 aromatic carbocycles. The highest BCUT2D eigenvalue weighted by molar-refractivity contribution is 6.30. The number of aromatic nitrogens is 2. The summed E-state index contributed by atoms with van der Waals surface area (Å²) in [6.45, 7) is 4.73. The Morgan fingerprint density at radius 2 is 1.91 bits per heavy atom. The van der Waals surface area contributed by atoms with Gasteiger partial charge in [0, 0.05) is 24.4 Å². The summed E-state index contributed by atoms with van der Waals surface area (Å²) in [6.07, 6.45) is 0.816. The minimum absolute atomic E-state index is 0.0945. The molecule has 190 valence electrons. The van der Waals surface area contributed by atoms with Crippen molar-refractivity contribution < 1.29 is 29.6 Å². The maximum absolute atomic E-state index is 12.6. The van der Waals surface area contributed by atoms with Crippen LogP contribution in [0.1, 0.15) is 25.3 Å². The molecule has 2 fully saturated rings. The van der Waals surface area contributed by atoms with E-state index in [0.717, 1.165) is 5.56 Å². The van der Waals surface area contributed by atoms with Crippen LogP contribution in [0.2, 0.25) is 5.02 Å². The van der Waals surface area contributed by atoms with Gasteiger partial charge in [-0.05, 0) is 24.6 Å². The Kier molecular flexibility index (Phi) is 7.37. The van der Waals surface area contributed by atoms with Gasteiger partial charge in [0.2, 0.25) is 5.95 Å². The molecule has 2 aliphatic heterocycles. The quantitative estimate of drug-likeness (QED) is 0.481. The second-order valence-electron chi connectivity index (χ2n) is 9.41. The molecule has 3 heterocycles. The first-order valence-corrected chi connectivity index (χ1v) is 11.9. The van der Waals surface area contributed by atoms with Gasteiger partial charge in [0.05, 0.1) is 50.3 Å². The number of benzene rings is 1. The van der Waals surface area contributed by atoms with Crippen LogP contribution in [-0.2, 0) is 4.79 Å². The number of amides is 1. The van der Waals surface area contributed by atoms with Crippen molar-refractivity contribution in [1.29, 1.82) is 0 Å². The Bertz CT molecular complexity index is 1050. The predicted molar refractivity (Wildman–Crippen MR) is 129 cm³/mol. The van der Waals surface area contributed by atoms with Crippen molar-refractivity contribution in [2.45, 2.75) is 38.1 Å². The Labute approximate surface area is 209 Å². The predicted octanol–water partition coefficient (Wildman–Crippen LogP) is 1.07. The Balaban J connectivity index is 1.52. The van der Waals surface area contributed by atoms with E-state index in [4.69, 9.17) is 21.1 Å². The van der Waals surface area contributed by atoms with E-state index in [2.05, 4.69) is 9.97 Å². The second kappa shape index (κ2) is 10.1. The smallest absolute Gasteiger partial charge is 0.253 e.